The second-order valence-corrected chi connectivity index (χ2v) is 5.25. The van der Waals surface area contributed by atoms with Crippen LogP contribution in [-0.4, -0.2) is 36.7 Å². The van der Waals surface area contributed by atoms with Crippen LogP contribution in [0.4, 0.5) is 9.59 Å². The minimum absolute atomic E-state index is 0.132. The maximum Gasteiger partial charge on any atom is 0.542 e. The van der Waals surface area contributed by atoms with Gasteiger partial charge in [-0.2, -0.15) is 9.78 Å². The molecule has 10 nitrogen and oxygen atoms in total. The fourth-order valence-corrected chi connectivity index (χ4v) is 1.12. The van der Waals surface area contributed by atoms with E-state index in [1.54, 1.807) is 41.5 Å². The maximum atomic E-state index is 11.0. The van der Waals surface area contributed by atoms with Gasteiger partial charge in [0.1, 0.15) is 0 Å². The van der Waals surface area contributed by atoms with Crippen molar-refractivity contribution < 1.29 is 48.7 Å². The molecule has 0 rings (SSSR count). The summed E-state index contributed by atoms with van der Waals surface area (Å²) in [6.45, 7) is 10.3. The first-order chi connectivity index (χ1) is 12.2. The molecule has 10 heteroatoms. The monoisotopic (exact) mass is 378 g/mol. The Kier molecular flexibility index (Phi) is 11.3. The molecule has 0 aliphatic carbocycles. The van der Waals surface area contributed by atoms with Gasteiger partial charge < -0.3 is 9.47 Å². The third-order valence-electron chi connectivity index (χ3n) is 3.11. The molecule has 0 heterocycles. The van der Waals surface area contributed by atoms with Gasteiger partial charge in [0.25, 0.3) is 0 Å². The van der Waals surface area contributed by atoms with Crippen molar-refractivity contribution in [3.8, 4) is 11.8 Å². The molecule has 0 aliphatic heterocycles. The van der Waals surface area contributed by atoms with Crippen molar-refractivity contribution in [3.63, 3.8) is 0 Å². The third kappa shape index (κ3) is 10.0. The van der Waals surface area contributed by atoms with Crippen LogP contribution in [0.5, 0.6) is 0 Å². The van der Waals surface area contributed by atoms with E-state index in [4.69, 9.17) is 9.78 Å². The van der Waals surface area contributed by atoms with Gasteiger partial charge in [0.2, 0.25) is 0 Å². The normalized spacial score (nSPS) is 14.8. The van der Waals surface area contributed by atoms with Crippen LogP contribution in [0.25, 0.3) is 0 Å². The lowest BCUT2D eigenvalue weighted by molar-refractivity contribution is -0.513. The van der Waals surface area contributed by atoms with Crippen molar-refractivity contribution in [1.29, 1.82) is 0 Å². The zero-order valence-corrected chi connectivity index (χ0v) is 15.9. The summed E-state index contributed by atoms with van der Waals surface area (Å²) in [4.78, 5) is 40.6. The first-order valence-electron chi connectivity index (χ1n) is 8.16. The van der Waals surface area contributed by atoms with Crippen molar-refractivity contribution in [2.75, 3.05) is 13.2 Å². The minimum Gasteiger partial charge on any atom is -0.433 e. The van der Waals surface area contributed by atoms with Crippen LogP contribution in [0.3, 0.4) is 0 Å². The molecule has 0 aromatic carbocycles. The summed E-state index contributed by atoms with van der Waals surface area (Å²) >= 11 is 0. The van der Waals surface area contributed by atoms with Crippen LogP contribution < -0.4 is 0 Å². The van der Waals surface area contributed by atoms with Gasteiger partial charge in [-0.05, 0) is 50.6 Å². The van der Waals surface area contributed by atoms with E-state index in [2.05, 4.69) is 41.2 Å². The van der Waals surface area contributed by atoms with Crippen molar-refractivity contribution in [3.05, 3.63) is 0 Å². The summed E-state index contributed by atoms with van der Waals surface area (Å²) in [6, 6.07) is 0. The Hall–Kier alpha value is -2.06. The van der Waals surface area contributed by atoms with Crippen LogP contribution in [0.1, 0.15) is 54.4 Å². The smallest absolute Gasteiger partial charge is 0.433 e. The Morgan fingerprint density at radius 1 is 0.731 bits per heavy atom. The molecular weight excluding hydrogens is 352 g/mol. The summed E-state index contributed by atoms with van der Waals surface area (Å²) in [5, 5.41) is 8.81. The summed E-state index contributed by atoms with van der Waals surface area (Å²) in [5.41, 5.74) is -2.23. The van der Waals surface area contributed by atoms with Gasteiger partial charge in [-0.15, -0.1) is 0 Å². The number of rotatable bonds is 10. The van der Waals surface area contributed by atoms with Crippen molar-refractivity contribution in [2.24, 2.45) is 0 Å². The molecule has 0 aromatic heterocycles. The summed E-state index contributed by atoms with van der Waals surface area (Å²) in [6.07, 6.45) is -1.28. The van der Waals surface area contributed by atoms with E-state index in [0.29, 0.717) is 12.8 Å². The van der Waals surface area contributed by atoms with Crippen LogP contribution >= 0.6 is 0 Å². The average Bonchev–Trinajstić information content (AvgIpc) is 2.60. The van der Waals surface area contributed by atoms with Gasteiger partial charge >= 0.3 is 12.3 Å². The van der Waals surface area contributed by atoms with E-state index in [1.165, 1.54) is 0 Å². The Balaban J connectivity index is 4.70. The van der Waals surface area contributed by atoms with Crippen LogP contribution in [-0.2, 0) is 39.1 Å². The minimum atomic E-state index is -1.12. The summed E-state index contributed by atoms with van der Waals surface area (Å²) in [5.74, 6) is 5.60. The molecule has 0 aliphatic rings. The fraction of sp³-hybridized carbons (Fsp3) is 0.750. The Bertz CT molecular complexity index is 455. The highest BCUT2D eigenvalue weighted by Gasteiger charge is 2.28. The van der Waals surface area contributed by atoms with E-state index >= 15 is 0 Å². The molecule has 0 N–H and O–H groups in total. The predicted molar refractivity (Wildman–Crippen MR) is 85.7 cm³/mol. The highest BCUT2D eigenvalue weighted by atomic mass is 17.5. The summed E-state index contributed by atoms with van der Waals surface area (Å²) < 4.78 is 9.02. The zero-order valence-electron chi connectivity index (χ0n) is 15.9. The molecule has 0 amide bonds. The standard InChI is InChI=1S/C16H26O10/c1-7-15(5,23-25-21-13(17)19-9-3)11-12-16(6,8-2)24-26-22-14(18)20-10-4/h7-10H2,1-6H3. The third-order valence-corrected chi connectivity index (χ3v) is 3.11. The van der Waals surface area contributed by atoms with E-state index < -0.39 is 23.5 Å². The molecule has 0 fully saturated rings. The van der Waals surface area contributed by atoms with E-state index in [9.17, 15) is 9.59 Å². The molecule has 0 aromatic rings. The molecule has 0 spiro atoms. The molecule has 0 saturated heterocycles. The van der Waals surface area contributed by atoms with E-state index in [-0.39, 0.29) is 13.2 Å². The summed E-state index contributed by atoms with van der Waals surface area (Å²) in [7, 11) is 0. The van der Waals surface area contributed by atoms with Crippen LogP contribution in [0.2, 0.25) is 0 Å². The lowest BCUT2D eigenvalue weighted by atomic mass is 9.99. The number of carbonyl (C=O) groups excluding carboxylic acids is 2. The molecule has 0 radical (unpaired) electrons. The van der Waals surface area contributed by atoms with Crippen LogP contribution in [0.15, 0.2) is 0 Å². The SMILES string of the molecule is CCOC(=O)OOOC(C)(C#CC(C)(CC)OOOC(=O)OCC)CC. The van der Waals surface area contributed by atoms with E-state index in [0.717, 1.165) is 0 Å². The fourth-order valence-electron chi connectivity index (χ4n) is 1.12. The quantitative estimate of drug-likeness (QED) is 0.243. The number of hydrogen-bond donors (Lipinski definition) is 0. The van der Waals surface area contributed by atoms with Gasteiger partial charge in [0.15, 0.2) is 11.2 Å². The van der Waals surface area contributed by atoms with Crippen molar-refractivity contribution >= 4 is 12.3 Å². The predicted octanol–water partition coefficient (Wildman–Crippen LogP) is 3.40. The number of carbonyl (C=O) groups is 2. The largest absolute Gasteiger partial charge is 0.542 e. The second kappa shape index (κ2) is 12.3. The first-order valence-corrected chi connectivity index (χ1v) is 8.16. The highest BCUT2D eigenvalue weighted by molar-refractivity contribution is 5.59. The van der Waals surface area contributed by atoms with Gasteiger partial charge in [-0.25, -0.2) is 19.4 Å². The first kappa shape index (κ1) is 23.9. The van der Waals surface area contributed by atoms with Crippen molar-refractivity contribution in [2.45, 2.75) is 65.6 Å². The van der Waals surface area contributed by atoms with Gasteiger partial charge in [0, 0.05) is 0 Å². The average molecular weight is 378 g/mol. The van der Waals surface area contributed by atoms with Crippen molar-refractivity contribution in [1.82, 2.24) is 0 Å². The topological polar surface area (TPSA) is 108 Å². The van der Waals surface area contributed by atoms with Gasteiger partial charge in [0.05, 0.1) is 13.2 Å². The Morgan fingerprint density at radius 3 is 1.35 bits per heavy atom. The van der Waals surface area contributed by atoms with Crippen LogP contribution in [0, 0.1) is 11.8 Å². The Labute approximate surface area is 152 Å². The molecule has 0 bridgehead atoms. The second-order valence-electron chi connectivity index (χ2n) is 5.25. The van der Waals surface area contributed by atoms with Gasteiger partial charge in [-0.1, -0.05) is 25.7 Å². The zero-order chi connectivity index (χ0) is 20.1. The number of ether oxygens (including phenoxy) is 2. The lowest BCUT2D eigenvalue weighted by Crippen LogP contribution is -2.31. The maximum absolute atomic E-state index is 11.0. The Morgan fingerprint density at radius 2 is 1.08 bits per heavy atom. The molecule has 2 atom stereocenters. The molecule has 150 valence electrons. The molecular formula is C16H26O10. The molecule has 26 heavy (non-hydrogen) atoms. The molecule has 2 unspecified atom stereocenters. The lowest BCUT2D eigenvalue weighted by Gasteiger charge is -2.22. The van der Waals surface area contributed by atoms with E-state index in [1.807, 2.05) is 0 Å². The highest BCUT2D eigenvalue weighted by Crippen LogP contribution is 2.19. The number of hydrogen-bond acceptors (Lipinski definition) is 10. The molecule has 0 saturated carbocycles. The van der Waals surface area contributed by atoms with Gasteiger partial charge in [-0.3, -0.25) is 0 Å².